The van der Waals surface area contributed by atoms with Crippen molar-refractivity contribution < 1.29 is 19.1 Å². The Bertz CT molecular complexity index is 1760. The number of fused-ring (bicyclic) bond motifs is 2. The number of nitrogens with zero attached hydrogens (tertiary/aromatic N) is 1. The van der Waals surface area contributed by atoms with Gasteiger partial charge in [-0.15, -0.1) is 0 Å². The van der Waals surface area contributed by atoms with Crippen molar-refractivity contribution >= 4 is 79.7 Å². The van der Waals surface area contributed by atoms with Crippen LogP contribution in [-0.4, -0.2) is 34.6 Å². The van der Waals surface area contributed by atoms with Crippen LogP contribution in [0.4, 0.5) is 11.4 Å². The molecule has 1 fully saturated rings. The number of halogens is 2. The molecular formula is C29H21BrClN3O5S2. The zero-order valence-corrected chi connectivity index (χ0v) is 25.3. The summed E-state index contributed by atoms with van der Waals surface area (Å²) >= 11 is 11.8. The van der Waals surface area contributed by atoms with Gasteiger partial charge < -0.3 is 15.0 Å². The zero-order chi connectivity index (χ0) is 28.8. The minimum atomic E-state index is -0.806. The number of amides is 3. The number of carbonyl (C=O) groups is 3. The fraction of sp³-hybridized carbons (Fsp3) is 0.172. The molecule has 2 aliphatic heterocycles. The van der Waals surface area contributed by atoms with Gasteiger partial charge in [0.15, 0.2) is 6.61 Å². The average molecular weight is 671 g/mol. The molecule has 3 heterocycles. The molecule has 2 aliphatic rings. The van der Waals surface area contributed by atoms with Gasteiger partial charge in [-0.1, -0.05) is 68.8 Å². The van der Waals surface area contributed by atoms with E-state index in [2.05, 4.69) is 26.2 Å². The Labute approximate surface area is 256 Å². The summed E-state index contributed by atoms with van der Waals surface area (Å²) in [5, 5.41) is 3.12. The molecule has 0 bridgehead atoms. The first-order valence-corrected chi connectivity index (χ1v) is 15.4. The molecule has 4 aromatic rings. The van der Waals surface area contributed by atoms with E-state index < -0.39 is 17.1 Å². The number of aromatic amines is 1. The highest BCUT2D eigenvalue weighted by Gasteiger charge is 2.56. The number of carbonyl (C=O) groups excluding carboxylic acids is 3. The molecule has 1 aromatic heterocycles. The van der Waals surface area contributed by atoms with Crippen LogP contribution in [0.25, 0.3) is 0 Å². The van der Waals surface area contributed by atoms with Crippen LogP contribution in [-0.2, 0) is 14.4 Å². The second kappa shape index (κ2) is 11.1. The normalized spacial score (nSPS) is 19.6. The quantitative estimate of drug-likeness (QED) is 0.245. The van der Waals surface area contributed by atoms with Crippen molar-refractivity contribution in [3.63, 3.8) is 0 Å². The monoisotopic (exact) mass is 669 g/mol. The molecule has 1 saturated heterocycles. The van der Waals surface area contributed by atoms with Crippen LogP contribution in [0.5, 0.6) is 5.75 Å². The number of thiazole rings is 1. The Balaban J connectivity index is 1.37. The number of H-pyrrole nitrogens is 1. The number of imide groups is 1. The van der Waals surface area contributed by atoms with Crippen LogP contribution >= 0.6 is 50.6 Å². The number of ether oxygens (including phenoxy) is 1. The van der Waals surface area contributed by atoms with Crippen molar-refractivity contribution in [1.82, 2.24) is 4.98 Å². The predicted molar refractivity (Wildman–Crippen MR) is 163 cm³/mol. The Morgan fingerprint density at radius 2 is 1.83 bits per heavy atom. The minimum absolute atomic E-state index is 0.279. The third-order valence-corrected chi connectivity index (χ3v) is 10.1. The van der Waals surface area contributed by atoms with Gasteiger partial charge in [0.2, 0.25) is 11.8 Å². The van der Waals surface area contributed by atoms with E-state index in [9.17, 15) is 19.2 Å². The summed E-state index contributed by atoms with van der Waals surface area (Å²) in [5.41, 5.74) is 2.62. The topological polar surface area (TPSA) is 109 Å². The SMILES string of the molecule is Cc1ccccc1NC(=O)COc1ccc(Br)cc1[C@H]1c2sc(=O)[nH]c2SC2C(=O)N(c3ccc(Cl)cc3)C(=O)C21. The Morgan fingerprint density at radius 3 is 2.59 bits per heavy atom. The number of hydrogen-bond donors (Lipinski definition) is 2. The summed E-state index contributed by atoms with van der Waals surface area (Å²) in [4.78, 5) is 57.3. The van der Waals surface area contributed by atoms with Gasteiger partial charge in [0.25, 0.3) is 5.91 Å². The molecule has 0 aliphatic carbocycles. The molecule has 2 unspecified atom stereocenters. The van der Waals surface area contributed by atoms with E-state index in [1.54, 1.807) is 36.4 Å². The van der Waals surface area contributed by atoms with Crippen LogP contribution in [0, 0.1) is 12.8 Å². The number of anilines is 2. The average Bonchev–Trinajstić information content (AvgIpc) is 3.44. The van der Waals surface area contributed by atoms with E-state index in [1.807, 2.05) is 37.3 Å². The Morgan fingerprint density at radius 1 is 1.07 bits per heavy atom. The summed E-state index contributed by atoms with van der Waals surface area (Å²) in [6.45, 7) is 1.62. The molecule has 3 amide bonds. The van der Waals surface area contributed by atoms with Gasteiger partial charge in [0.1, 0.15) is 11.0 Å². The minimum Gasteiger partial charge on any atom is -0.483 e. The van der Waals surface area contributed by atoms with Gasteiger partial charge in [-0.25, -0.2) is 4.90 Å². The van der Waals surface area contributed by atoms with E-state index in [1.165, 1.54) is 16.7 Å². The lowest BCUT2D eigenvalue weighted by Crippen LogP contribution is -2.32. The van der Waals surface area contributed by atoms with Gasteiger partial charge in [-0.2, -0.15) is 0 Å². The number of benzene rings is 3. The van der Waals surface area contributed by atoms with Crippen molar-refractivity contribution in [2.45, 2.75) is 23.1 Å². The van der Waals surface area contributed by atoms with Crippen molar-refractivity contribution in [3.05, 3.63) is 102 Å². The van der Waals surface area contributed by atoms with Gasteiger partial charge in [-0.3, -0.25) is 19.2 Å². The van der Waals surface area contributed by atoms with Crippen LogP contribution < -0.4 is 19.8 Å². The van der Waals surface area contributed by atoms with Crippen molar-refractivity contribution in [3.8, 4) is 5.75 Å². The lowest BCUT2D eigenvalue weighted by atomic mass is 9.82. The van der Waals surface area contributed by atoms with E-state index in [-0.39, 0.29) is 29.2 Å². The molecule has 0 spiro atoms. The van der Waals surface area contributed by atoms with E-state index in [4.69, 9.17) is 16.3 Å². The number of para-hydroxylation sites is 1. The first-order valence-electron chi connectivity index (χ1n) is 12.5. The molecule has 2 N–H and O–H groups in total. The van der Waals surface area contributed by atoms with Crippen LogP contribution in [0.1, 0.15) is 21.9 Å². The molecule has 3 aromatic carbocycles. The maximum absolute atomic E-state index is 14.0. The highest BCUT2D eigenvalue weighted by Crippen LogP contribution is 2.54. The van der Waals surface area contributed by atoms with Gasteiger partial charge >= 0.3 is 4.87 Å². The first-order chi connectivity index (χ1) is 19.7. The van der Waals surface area contributed by atoms with Gasteiger partial charge in [-0.05, 0) is 61.0 Å². The second-order valence-electron chi connectivity index (χ2n) is 9.57. The molecule has 41 heavy (non-hydrogen) atoms. The van der Waals surface area contributed by atoms with Crippen molar-refractivity contribution in [2.75, 3.05) is 16.8 Å². The highest BCUT2D eigenvalue weighted by molar-refractivity contribution is 9.10. The van der Waals surface area contributed by atoms with Crippen molar-refractivity contribution in [2.24, 2.45) is 5.92 Å². The summed E-state index contributed by atoms with van der Waals surface area (Å²) < 4.78 is 6.75. The predicted octanol–water partition coefficient (Wildman–Crippen LogP) is 5.97. The number of hydrogen-bond acceptors (Lipinski definition) is 7. The summed E-state index contributed by atoms with van der Waals surface area (Å²) in [7, 11) is 0. The molecule has 208 valence electrons. The third kappa shape index (κ3) is 5.23. The van der Waals surface area contributed by atoms with Crippen LogP contribution in [0.15, 0.2) is 81.0 Å². The molecule has 0 radical (unpaired) electrons. The lowest BCUT2D eigenvalue weighted by molar-refractivity contribution is -0.122. The summed E-state index contributed by atoms with van der Waals surface area (Å²) in [6, 6.07) is 19.2. The van der Waals surface area contributed by atoms with E-state index in [0.717, 1.165) is 21.4 Å². The number of aromatic nitrogens is 1. The smallest absolute Gasteiger partial charge is 0.305 e. The maximum Gasteiger partial charge on any atom is 0.305 e. The van der Waals surface area contributed by atoms with Crippen LogP contribution in [0.3, 0.4) is 0 Å². The van der Waals surface area contributed by atoms with Crippen LogP contribution in [0.2, 0.25) is 5.02 Å². The zero-order valence-electron chi connectivity index (χ0n) is 21.4. The number of thioether (sulfide) groups is 1. The van der Waals surface area contributed by atoms with Crippen molar-refractivity contribution in [1.29, 1.82) is 0 Å². The summed E-state index contributed by atoms with van der Waals surface area (Å²) in [5.74, 6) is -2.20. The Hall–Kier alpha value is -3.38. The Kier molecular flexibility index (Phi) is 7.54. The number of aryl methyl sites for hydroxylation is 1. The van der Waals surface area contributed by atoms with E-state index in [0.29, 0.717) is 37.6 Å². The molecule has 12 heteroatoms. The number of nitrogens with one attached hydrogen (secondary N) is 2. The molecule has 6 rings (SSSR count). The lowest BCUT2D eigenvalue weighted by Gasteiger charge is -2.31. The molecule has 3 atom stereocenters. The third-order valence-electron chi connectivity index (χ3n) is 6.99. The largest absolute Gasteiger partial charge is 0.483 e. The van der Waals surface area contributed by atoms with Gasteiger partial charge in [0.05, 0.1) is 16.6 Å². The number of rotatable bonds is 6. The van der Waals surface area contributed by atoms with E-state index >= 15 is 0 Å². The fourth-order valence-electron chi connectivity index (χ4n) is 5.13. The standard InChI is InChI=1S/C29H21BrClN3O5S2/c1-14-4-2-3-5-19(14)32-21(35)13-39-20-11-6-15(30)12-18(20)22-23-25(40-26-24(22)41-29(38)33-26)28(37)34(27(23)36)17-9-7-16(31)8-10-17/h2-12,22-23,25H,13H2,1H3,(H,32,35)(H,33,38)/t22-,23?,25?/m1/s1. The highest BCUT2D eigenvalue weighted by atomic mass is 79.9. The van der Waals surface area contributed by atoms with Gasteiger partial charge in [0, 0.05) is 31.5 Å². The summed E-state index contributed by atoms with van der Waals surface area (Å²) in [6.07, 6.45) is 0. The fourth-order valence-corrected chi connectivity index (χ4v) is 8.14. The molecule has 8 nitrogen and oxygen atoms in total. The maximum atomic E-state index is 14.0. The second-order valence-corrected chi connectivity index (χ2v) is 13.1. The molecular weight excluding hydrogens is 650 g/mol. The molecule has 0 saturated carbocycles. The first kappa shape index (κ1) is 27.8.